The molecular formula is C45H50F3N3O8Si. The Morgan fingerprint density at radius 2 is 1.60 bits per heavy atom. The van der Waals surface area contributed by atoms with Gasteiger partial charge in [0.05, 0.1) is 11.6 Å². The molecule has 0 bridgehead atoms. The van der Waals surface area contributed by atoms with Crippen LogP contribution >= 0.6 is 0 Å². The fourth-order valence-corrected chi connectivity index (χ4v) is 10.6. The molecule has 15 heteroatoms. The van der Waals surface area contributed by atoms with E-state index in [-0.39, 0.29) is 71.3 Å². The van der Waals surface area contributed by atoms with E-state index in [4.69, 9.17) is 28.9 Å². The summed E-state index contributed by atoms with van der Waals surface area (Å²) >= 11 is 0. The van der Waals surface area contributed by atoms with Crippen molar-refractivity contribution in [2.75, 3.05) is 13.6 Å². The van der Waals surface area contributed by atoms with Crippen molar-refractivity contribution in [1.29, 1.82) is 0 Å². The van der Waals surface area contributed by atoms with E-state index < -0.39 is 72.3 Å². The maximum Gasteiger partial charge on any atom is 0.573 e. The molecule has 1 saturated carbocycles. The minimum atomic E-state index is -5.08. The summed E-state index contributed by atoms with van der Waals surface area (Å²) in [7, 11) is -1.22. The summed E-state index contributed by atoms with van der Waals surface area (Å²) in [6, 6.07) is 18.4. The van der Waals surface area contributed by atoms with Gasteiger partial charge < -0.3 is 34.0 Å². The number of hydrogen-bond acceptors (Lipinski definition) is 11. The third kappa shape index (κ3) is 7.12. The SMILES string of the molecule is CN1CCC[C@H]1c1cc(OCc2ccccc2)c2c(c1OC(F)(F)F)C[C@H]1C[C@H]3[C@H](N)c4onc(OCc5ccccc5)c4C(=O)[C@@]3(O[Si](C)(C)C(C)(C)C)C(=O)C1=C2O. The number of halogens is 3. The highest BCUT2D eigenvalue weighted by Gasteiger charge is 2.68. The van der Waals surface area contributed by atoms with E-state index in [0.29, 0.717) is 13.0 Å². The van der Waals surface area contributed by atoms with Crippen LogP contribution in [0, 0.1) is 11.8 Å². The van der Waals surface area contributed by atoms with Crippen LogP contribution in [0.3, 0.4) is 0 Å². The lowest BCUT2D eigenvalue weighted by atomic mass is 9.57. The first kappa shape index (κ1) is 41.8. The zero-order valence-corrected chi connectivity index (χ0v) is 35.5. The van der Waals surface area contributed by atoms with Gasteiger partial charge in [-0.15, -0.1) is 13.2 Å². The Morgan fingerprint density at radius 1 is 0.967 bits per heavy atom. The van der Waals surface area contributed by atoms with E-state index in [1.165, 1.54) is 6.07 Å². The summed E-state index contributed by atoms with van der Waals surface area (Å²) in [6.45, 7) is 10.4. The molecule has 0 spiro atoms. The fraction of sp³-hybridized carbons (Fsp3) is 0.444. The van der Waals surface area contributed by atoms with E-state index in [1.807, 2.05) is 106 Å². The lowest BCUT2D eigenvalue weighted by Crippen LogP contribution is -2.68. The van der Waals surface area contributed by atoms with Gasteiger partial charge in [-0.05, 0) is 85.7 Å². The number of hydrogen-bond donors (Lipinski definition) is 2. The minimum absolute atomic E-state index is 0.0164. The average molecular weight is 846 g/mol. The highest BCUT2D eigenvalue weighted by molar-refractivity contribution is 6.74. The largest absolute Gasteiger partial charge is 0.573 e. The van der Waals surface area contributed by atoms with Crippen LogP contribution in [0.5, 0.6) is 17.4 Å². The van der Waals surface area contributed by atoms with Crippen LogP contribution < -0.4 is 19.9 Å². The third-order valence-electron chi connectivity index (χ3n) is 13.1. The van der Waals surface area contributed by atoms with Crippen LogP contribution in [0.2, 0.25) is 18.1 Å². The first-order valence-corrected chi connectivity index (χ1v) is 23.2. The number of benzene rings is 3. The molecule has 60 heavy (non-hydrogen) atoms. The first-order valence-electron chi connectivity index (χ1n) is 20.3. The monoisotopic (exact) mass is 845 g/mol. The Hall–Kier alpha value is -4.96. The summed E-state index contributed by atoms with van der Waals surface area (Å²) in [5.74, 6) is -4.59. The number of Topliss-reactive ketones (excluding diaryl/α,β-unsaturated/α-hetero) is 2. The molecule has 2 heterocycles. The van der Waals surface area contributed by atoms with Crippen molar-refractivity contribution in [2.45, 2.75) is 102 Å². The standard InChI is InChI=1S/C45H50F3N3O8Si/c1-43(2,3)60(5,6)59-44-30(36(49)39-35(41(44)54)42(50-58-39)56-24-26-16-11-8-12-17-26)21-27-20-29-34(37(52)33(27)40(44)53)32(55-23-25-14-9-7-10-15-25)22-28(31-18-13-19-51(31)4)38(29)57-45(46,47)48/h7-12,14-17,22,27,30-31,36,52H,13,18-21,23-24,49H2,1-6H3/t27-,30-,31-,36-,44-/m0/s1. The number of ketones is 2. The molecule has 1 aromatic heterocycles. The first-order chi connectivity index (χ1) is 28.3. The number of aromatic nitrogens is 1. The lowest BCUT2D eigenvalue weighted by molar-refractivity contribution is -0.275. The Labute approximate surface area is 347 Å². The van der Waals surface area contributed by atoms with E-state index >= 15 is 9.59 Å². The molecule has 2 fully saturated rings. The van der Waals surface area contributed by atoms with Crippen molar-refractivity contribution in [2.24, 2.45) is 17.6 Å². The van der Waals surface area contributed by atoms with Gasteiger partial charge in [0, 0.05) is 28.7 Å². The molecular weight excluding hydrogens is 796 g/mol. The summed E-state index contributed by atoms with van der Waals surface area (Å²) in [5.41, 5.74) is 6.30. The molecule has 0 amide bonds. The second-order valence-electron chi connectivity index (χ2n) is 17.9. The zero-order valence-electron chi connectivity index (χ0n) is 34.5. The van der Waals surface area contributed by atoms with Crippen LogP contribution in [0.1, 0.15) is 96.1 Å². The Bertz CT molecular complexity index is 2340. The predicted octanol–water partition coefficient (Wildman–Crippen LogP) is 9.19. The molecule has 4 aromatic rings. The molecule has 4 aliphatic rings. The number of aliphatic hydroxyl groups is 1. The van der Waals surface area contributed by atoms with Gasteiger partial charge in [-0.2, -0.15) is 0 Å². The zero-order chi connectivity index (χ0) is 42.9. The van der Waals surface area contributed by atoms with Crippen LogP contribution in [0.25, 0.3) is 5.76 Å². The van der Waals surface area contributed by atoms with Gasteiger partial charge in [0.15, 0.2) is 19.7 Å². The number of nitrogens with zero attached hydrogens (tertiary/aromatic N) is 2. The average Bonchev–Trinajstić information content (AvgIpc) is 3.82. The highest BCUT2D eigenvalue weighted by Crippen LogP contribution is 2.59. The number of rotatable bonds is 10. The molecule has 3 aliphatic carbocycles. The number of fused-ring (bicyclic) bond motifs is 4. The number of nitrogens with two attached hydrogens (primary N) is 1. The van der Waals surface area contributed by atoms with E-state index in [2.05, 4.69) is 5.16 Å². The summed E-state index contributed by atoms with van der Waals surface area (Å²) in [6.07, 6.45) is -3.93. The van der Waals surface area contributed by atoms with Gasteiger partial charge in [0.1, 0.15) is 36.0 Å². The van der Waals surface area contributed by atoms with Crippen LogP contribution in [0.4, 0.5) is 13.2 Å². The van der Waals surface area contributed by atoms with Crippen LogP contribution in [-0.2, 0) is 28.9 Å². The van der Waals surface area contributed by atoms with Crippen LogP contribution in [-0.4, -0.2) is 60.6 Å². The van der Waals surface area contributed by atoms with Gasteiger partial charge in [-0.3, -0.25) is 14.5 Å². The second kappa shape index (κ2) is 15.2. The van der Waals surface area contributed by atoms with Gasteiger partial charge in [-0.1, -0.05) is 81.4 Å². The maximum absolute atomic E-state index is 15.7. The number of likely N-dealkylation sites (tertiary alicyclic amines) is 1. The number of alkyl halides is 3. The number of aliphatic hydroxyl groups excluding tert-OH is 1. The van der Waals surface area contributed by atoms with Crippen molar-refractivity contribution in [3.05, 3.63) is 111 Å². The van der Waals surface area contributed by atoms with Crippen molar-refractivity contribution in [3.63, 3.8) is 0 Å². The number of carbonyl (C=O) groups is 2. The van der Waals surface area contributed by atoms with Crippen molar-refractivity contribution in [3.8, 4) is 17.4 Å². The lowest BCUT2D eigenvalue weighted by Gasteiger charge is -2.53. The Balaban J connectivity index is 1.32. The predicted molar refractivity (Wildman–Crippen MR) is 218 cm³/mol. The third-order valence-corrected chi connectivity index (χ3v) is 17.6. The van der Waals surface area contributed by atoms with Crippen molar-refractivity contribution >= 4 is 25.6 Å². The van der Waals surface area contributed by atoms with Gasteiger partial charge in [-0.25, -0.2) is 0 Å². The smallest absolute Gasteiger partial charge is 0.507 e. The molecule has 1 saturated heterocycles. The van der Waals surface area contributed by atoms with E-state index in [9.17, 15) is 18.3 Å². The molecule has 11 nitrogen and oxygen atoms in total. The summed E-state index contributed by atoms with van der Waals surface area (Å²) in [5, 5.41) is 16.2. The molecule has 3 N–H and O–H groups in total. The normalized spacial score (nSPS) is 24.4. The second-order valence-corrected chi connectivity index (χ2v) is 22.6. The number of ether oxygens (including phenoxy) is 3. The maximum atomic E-state index is 15.7. The van der Waals surface area contributed by atoms with Crippen LogP contribution in [0.15, 0.2) is 76.8 Å². The topological polar surface area (TPSA) is 147 Å². The minimum Gasteiger partial charge on any atom is -0.507 e. The Morgan fingerprint density at radius 3 is 2.18 bits per heavy atom. The van der Waals surface area contributed by atoms with E-state index in [0.717, 1.165) is 17.5 Å². The number of carbonyl (C=O) groups excluding carboxylic acids is 2. The molecule has 0 radical (unpaired) electrons. The molecule has 5 atom stereocenters. The summed E-state index contributed by atoms with van der Waals surface area (Å²) < 4.78 is 73.5. The van der Waals surface area contributed by atoms with Crippen molar-refractivity contribution in [1.82, 2.24) is 10.1 Å². The van der Waals surface area contributed by atoms with E-state index in [1.54, 1.807) is 0 Å². The van der Waals surface area contributed by atoms with Gasteiger partial charge in [0.2, 0.25) is 11.6 Å². The molecule has 3 aromatic carbocycles. The molecule has 318 valence electrons. The van der Waals surface area contributed by atoms with Crippen molar-refractivity contribution < 1.29 is 51.0 Å². The van der Waals surface area contributed by atoms with Gasteiger partial charge >= 0.3 is 6.36 Å². The molecule has 8 rings (SSSR count). The van der Waals surface area contributed by atoms with Gasteiger partial charge in [0.25, 0.3) is 5.88 Å². The quantitative estimate of drug-likeness (QED) is 0.116. The Kier molecular flexibility index (Phi) is 10.6. The summed E-state index contributed by atoms with van der Waals surface area (Å²) in [4.78, 5) is 33.0. The molecule has 1 aliphatic heterocycles. The fourth-order valence-electron chi connectivity index (χ4n) is 9.13. The highest BCUT2D eigenvalue weighted by atomic mass is 28.4. The molecule has 0 unspecified atom stereocenters.